The van der Waals surface area contributed by atoms with Gasteiger partial charge in [0.05, 0.1) is 0 Å². The summed E-state index contributed by atoms with van der Waals surface area (Å²) in [6.45, 7) is 1.27. The molecule has 0 amide bonds. The van der Waals surface area contributed by atoms with E-state index in [-0.39, 0.29) is 13.2 Å². The first kappa shape index (κ1) is 22.8. The Hall–Kier alpha value is -3.37. The van der Waals surface area contributed by atoms with Crippen molar-refractivity contribution in [3.8, 4) is 5.75 Å². The standard InChI is InChI=1S/C23H25N3O6S/c1-16-21(24-15-32-16)14-31-19-7-4-5-17(11-19)12-26(13-23(27)28)33(29,30)22-10-9-18-6-2-3-8-20(18)25-22/h2-8,11,15,22,25H,9-10,12-14H2,1H3,(H,27,28). The summed E-state index contributed by atoms with van der Waals surface area (Å²) in [6, 6.07) is 14.4. The number of rotatable bonds is 9. The number of aliphatic carboxylic acids is 1. The van der Waals surface area contributed by atoms with Crippen molar-refractivity contribution in [2.45, 2.75) is 38.3 Å². The van der Waals surface area contributed by atoms with Gasteiger partial charge in [-0.1, -0.05) is 30.3 Å². The highest BCUT2D eigenvalue weighted by atomic mass is 32.2. The van der Waals surface area contributed by atoms with Gasteiger partial charge in [0.25, 0.3) is 0 Å². The number of fused-ring (bicyclic) bond motifs is 1. The number of oxazole rings is 1. The van der Waals surface area contributed by atoms with Crippen molar-refractivity contribution in [1.29, 1.82) is 0 Å². The number of hydrogen-bond donors (Lipinski definition) is 2. The predicted octanol–water partition coefficient (Wildman–Crippen LogP) is 3.16. The number of ether oxygens (including phenoxy) is 1. The molecule has 9 nitrogen and oxygen atoms in total. The van der Waals surface area contributed by atoms with Crippen LogP contribution in [0.4, 0.5) is 5.69 Å². The number of hydrogen-bond acceptors (Lipinski definition) is 7. The normalized spacial score (nSPS) is 15.6. The van der Waals surface area contributed by atoms with Crippen LogP contribution in [0.15, 0.2) is 59.3 Å². The first-order valence-corrected chi connectivity index (χ1v) is 12.0. The second kappa shape index (κ2) is 9.63. The summed E-state index contributed by atoms with van der Waals surface area (Å²) in [4.78, 5) is 15.6. The average molecular weight is 472 g/mol. The number of carbonyl (C=O) groups is 1. The lowest BCUT2D eigenvalue weighted by molar-refractivity contribution is -0.137. The topological polar surface area (TPSA) is 122 Å². The molecule has 0 aliphatic carbocycles. The summed E-state index contributed by atoms with van der Waals surface area (Å²) in [5, 5.41) is 11.5. The van der Waals surface area contributed by atoms with Gasteiger partial charge in [-0.25, -0.2) is 13.4 Å². The minimum Gasteiger partial charge on any atom is -0.487 e. The molecule has 1 aliphatic heterocycles. The van der Waals surface area contributed by atoms with Crippen molar-refractivity contribution in [2.75, 3.05) is 11.9 Å². The molecule has 0 spiro atoms. The van der Waals surface area contributed by atoms with Gasteiger partial charge in [-0.15, -0.1) is 0 Å². The largest absolute Gasteiger partial charge is 0.487 e. The average Bonchev–Trinajstić information content (AvgIpc) is 3.21. The Labute approximate surface area is 192 Å². The van der Waals surface area contributed by atoms with Gasteiger partial charge in [0.2, 0.25) is 10.0 Å². The van der Waals surface area contributed by atoms with Gasteiger partial charge in [0.15, 0.2) is 6.39 Å². The molecule has 2 aromatic carbocycles. The third kappa shape index (κ3) is 5.35. The van der Waals surface area contributed by atoms with Crippen LogP contribution in [-0.2, 0) is 34.4 Å². The van der Waals surface area contributed by atoms with E-state index in [1.165, 1.54) is 6.39 Å². The zero-order chi connectivity index (χ0) is 23.4. The van der Waals surface area contributed by atoms with Crippen LogP contribution in [0.1, 0.15) is 29.0 Å². The first-order valence-electron chi connectivity index (χ1n) is 10.5. The fourth-order valence-electron chi connectivity index (χ4n) is 3.76. The molecule has 10 heteroatoms. The molecule has 1 atom stereocenters. The SMILES string of the molecule is Cc1ocnc1COc1cccc(CN(CC(=O)O)S(=O)(=O)C2CCc3ccccc3N2)c1. The number of para-hydroxylation sites is 1. The van der Waals surface area contributed by atoms with Crippen molar-refractivity contribution in [2.24, 2.45) is 0 Å². The third-order valence-corrected chi connectivity index (χ3v) is 7.57. The summed E-state index contributed by atoms with van der Waals surface area (Å²) in [5.74, 6) is -0.0394. The number of aryl methyl sites for hydroxylation is 2. The smallest absolute Gasteiger partial charge is 0.318 e. The van der Waals surface area contributed by atoms with Gasteiger partial charge in [-0.2, -0.15) is 4.31 Å². The van der Waals surface area contributed by atoms with Crippen molar-refractivity contribution in [3.63, 3.8) is 0 Å². The zero-order valence-electron chi connectivity index (χ0n) is 18.1. The maximum atomic E-state index is 13.4. The number of aromatic nitrogens is 1. The van der Waals surface area contributed by atoms with Gasteiger partial charge in [-0.3, -0.25) is 4.79 Å². The van der Waals surface area contributed by atoms with E-state index in [0.717, 1.165) is 15.6 Å². The lowest BCUT2D eigenvalue weighted by Crippen LogP contribution is -2.45. The third-order valence-electron chi connectivity index (χ3n) is 5.52. The predicted molar refractivity (Wildman–Crippen MR) is 121 cm³/mol. The number of sulfonamides is 1. The molecule has 0 bridgehead atoms. The molecule has 2 heterocycles. The molecule has 1 unspecified atom stereocenters. The molecule has 1 aliphatic rings. The summed E-state index contributed by atoms with van der Waals surface area (Å²) in [6.07, 6.45) is 2.30. The van der Waals surface area contributed by atoms with Crippen LogP contribution in [0.2, 0.25) is 0 Å². The molecule has 2 N–H and O–H groups in total. The Morgan fingerprint density at radius 1 is 1.27 bits per heavy atom. The van der Waals surface area contributed by atoms with E-state index in [4.69, 9.17) is 9.15 Å². The van der Waals surface area contributed by atoms with Crippen molar-refractivity contribution in [3.05, 3.63) is 77.5 Å². The first-order chi connectivity index (χ1) is 15.8. The second-order valence-corrected chi connectivity index (χ2v) is 9.94. The lowest BCUT2D eigenvalue weighted by atomic mass is 10.0. The summed E-state index contributed by atoms with van der Waals surface area (Å²) in [5.41, 5.74) is 3.08. The number of benzene rings is 2. The maximum Gasteiger partial charge on any atom is 0.318 e. The van der Waals surface area contributed by atoms with Crippen molar-refractivity contribution in [1.82, 2.24) is 9.29 Å². The zero-order valence-corrected chi connectivity index (χ0v) is 18.9. The molecule has 4 rings (SSSR count). The summed E-state index contributed by atoms with van der Waals surface area (Å²) in [7, 11) is -3.95. The second-order valence-electron chi connectivity index (χ2n) is 7.83. The van der Waals surface area contributed by atoms with Gasteiger partial charge < -0.3 is 19.6 Å². The highest BCUT2D eigenvalue weighted by Crippen LogP contribution is 2.29. The maximum absolute atomic E-state index is 13.4. The molecule has 1 aromatic heterocycles. The molecule has 0 radical (unpaired) electrons. The molecule has 3 aromatic rings. The van der Waals surface area contributed by atoms with Crippen LogP contribution in [-0.4, -0.2) is 40.7 Å². The van der Waals surface area contributed by atoms with Gasteiger partial charge >= 0.3 is 5.97 Å². The van der Waals surface area contributed by atoms with Crippen LogP contribution in [0.25, 0.3) is 0 Å². The van der Waals surface area contributed by atoms with E-state index < -0.39 is 27.9 Å². The molecule has 174 valence electrons. The van der Waals surface area contributed by atoms with E-state index in [1.54, 1.807) is 31.2 Å². The van der Waals surface area contributed by atoms with Crippen LogP contribution in [0.5, 0.6) is 5.75 Å². The van der Waals surface area contributed by atoms with E-state index in [0.29, 0.717) is 35.6 Å². The Morgan fingerprint density at radius 3 is 2.85 bits per heavy atom. The Balaban J connectivity index is 1.51. The van der Waals surface area contributed by atoms with Gasteiger partial charge in [-0.05, 0) is 49.1 Å². The molecule has 0 fully saturated rings. The highest BCUT2D eigenvalue weighted by Gasteiger charge is 2.35. The Kier molecular flexibility index (Phi) is 6.66. The number of carboxylic acid groups (broad SMARTS) is 1. The van der Waals surface area contributed by atoms with E-state index >= 15 is 0 Å². The lowest BCUT2D eigenvalue weighted by Gasteiger charge is -2.31. The van der Waals surface area contributed by atoms with Gasteiger partial charge in [0.1, 0.15) is 35.7 Å². The fourth-order valence-corrected chi connectivity index (χ4v) is 5.43. The van der Waals surface area contributed by atoms with E-state index in [9.17, 15) is 18.3 Å². The molecule has 0 saturated carbocycles. The van der Waals surface area contributed by atoms with Crippen LogP contribution in [0, 0.1) is 6.92 Å². The Morgan fingerprint density at radius 2 is 2.09 bits per heavy atom. The quantitative estimate of drug-likeness (QED) is 0.488. The molecule has 33 heavy (non-hydrogen) atoms. The summed E-state index contributed by atoms with van der Waals surface area (Å²) < 4.78 is 38.7. The highest BCUT2D eigenvalue weighted by molar-refractivity contribution is 7.89. The van der Waals surface area contributed by atoms with E-state index in [1.807, 2.05) is 24.3 Å². The fraction of sp³-hybridized carbons (Fsp3) is 0.304. The summed E-state index contributed by atoms with van der Waals surface area (Å²) >= 11 is 0. The minimum absolute atomic E-state index is 0.0886. The Bertz CT molecular complexity index is 1240. The number of nitrogens with zero attached hydrogens (tertiary/aromatic N) is 2. The van der Waals surface area contributed by atoms with Crippen LogP contribution >= 0.6 is 0 Å². The number of nitrogens with one attached hydrogen (secondary N) is 1. The minimum atomic E-state index is -3.95. The van der Waals surface area contributed by atoms with Crippen LogP contribution in [0.3, 0.4) is 0 Å². The number of carboxylic acids is 1. The van der Waals surface area contributed by atoms with Gasteiger partial charge in [0, 0.05) is 12.2 Å². The molecule has 0 saturated heterocycles. The van der Waals surface area contributed by atoms with E-state index in [2.05, 4.69) is 10.3 Å². The van der Waals surface area contributed by atoms with Crippen molar-refractivity contribution >= 4 is 21.7 Å². The van der Waals surface area contributed by atoms with Crippen LogP contribution < -0.4 is 10.1 Å². The molecular formula is C23H25N3O6S. The number of anilines is 1. The van der Waals surface area contributed by atoms with Crippen molar-refractivity contribution < 1.29 is 27.5 Å². The monoisotopic (exact) mass is 471 g/mol. The molecular weight excluding hydrogens is 446 g/mol.